The molecule has 0 atom stereocenters. The van der Waals surface area contributed by atoms with Crippen LogP contribution in [0.4, 0.5) is 5.82 Å². The number of aromatic nitrogens is 2. The van der Waals surface area contributed by atoms with E-state index in [1.54, 1.807) is 12.4 Å². The summed E-state index contributed by atoms with van der Waals surface area (Å²) < 4.78 is 0. The van der Waals surface area contributed by atoms with Crippen molar-refractivity contribution in [2.75, 3.05) is 24.5 Å². The lowest BCUT2D eigenvalue weighted by atomic mass is 9.88. The largest absolute Gasteiger partial charge is 0.356 e. The van der Waals surface area contributed by atoms with Crippen molar-refractivity contribution < 1.29 is 4.79 Å². The molecule has 1 amide bonds. The van der Waals surface area contributed by atoms with Crippen LogP contribution in [0.15, 0.2) is 18.6 Å². The molecule has 1 aromatic rings. The molecule has 5 nitrogen and oxygen atoms in total. The normalized spacial score (nSPS) is 20.8. The number of anilines is 1. The number of nitrogens with zero attached hydrogens (tertiary/aromatic N) is 3. The fraction of sp³-hybridized carbons (Fsp3) is 0.706. The van der Waals surface area contributed by atoms with E-state index in [2.05, 4.69) is 20.2 Å². The van der Waals surface area contributed by atoms with E-state index in [4.69, 9.17) is 0 Å². The van der Waals surface area contributed by atoms with Gasteiger partial charge in [-0.2, -0.15) is 0 Å². The second kappa shape index (κ2) is 7.56. The SMILES string of the molecule is O=C(NCC1CCN(c2cnccn2)CC1)C1CCCCC1. The highest BCUT2D eigenvalue weighted by atomic mass is 16.1. The molecule has 5 heteroatoms. The predicted molar refractivity (Wildman–Crippen MR) is 86.6 cm³/mol. The van der Waals surface area contributed by atoms with Crippen molar-refractivity contribution in [1.82, 2.24) is 15.3 Å². The van der Waals surface area contributed by atoms with E-state index in [0.29, 0.717) is 5.92 Å². The maximum Gasteiger partial charge on any atom is 0.223 e. The number of carbonyl (C=O) groups is 1. The van der Waals surface area contributed by atoms with E-state index < -0.39 is 0 Å². The minimum absolute atomic E-state index is 0.272. The zero-order valence-electron chi connectivity index (χ0n) is 13.2. The number of amides is 1. The fourth-order valence-corrected chi connectivity index (χ4v) is 3.57. The molecule has 0 unspecified atom stereocenters. The molecule has 120 valence electrons. The molecule has 1 aliphatic heterocycles. The number of nitrogens with one attached hydrogen (secondary N) is 1. The van der Waals surface area contributed by atoms with Crippen molar-refractivity contribution in [2.45, 2.75) is 44.9 Å². The summed E-state index contributed by atoms with van der Waals surface area (Å²) in [5.74, 6) is 2.12. The molecule has 1 saturated heterocycles. The Balaban J connectivity index is 1.39. The van der Waals surface area contributed by atoms with Gasteiger partial charge < -0.3 is 10.2 Å². The van der Waals surface area contributed by atoms with Crippen LogP contribution < -0.4 is 10.2 Å². The maximum absolute atomic E-state index is 12.2. The van der Waals surface area contributed by atoms with E-state index in [0.717, 1.165) is 51.1 Å². The molecular formula is C17H26N4O. The van der Waals surface area contributed by atoms with Crippen molar-refractivity contribution in [3.63, 3.8) is 0 Å². The topological polar surface area (TPSA) is 58.1 Å². The molecule has 22 heavy (non-hydrogen) atoms. The van der Waals surface area contributed by atoms with Gasteiger partial charge in [0.1, 0.15) is 5.82 Å². The minimum atomic E-state index is 0.272. The Labute approximate surface area is 132 Å². The number of carbonyl (C=O) groups excluding carboxylic acids is 1. The lowest BCUT2D eigenvalue weighted by molar-refractivity contribution is -0.126. The van der Waals surface area contributed by atoms with Crippen molar-refractivity contribution in [1.29, 1.82) is 0 Å². The van der Waals surface area contributed by atoms with Crippen LogP contribution in [0.3, 0.4) is 0 Å². The highest BCUT2D eigenvalue weighted by molar-refractivity contribution is 5.78. The van der Waals surface area contributed by atoms with Crippen LogP contribution in [0.2, 0.25) is 0 Å². The molecule has 0 bridgehead atoms. The highest BCUT2D eigenvalue weighted by Crippen LogP contribution is 2.24. The summed E-state index contributed by atoms with van der Waals surface area (Å²) in [5, 5.41) is 3.19. The zero-order chi connectivity index (χ0) is 15.2. The summed E-state index contributed by atoms with van der Waals surface area (Å²) in [7, 11) is 0. The summed E-state index contributed by atoms with van der Waals surface area (Å²) in [4.78, 5) is 23.0. The number of hydrogen-bond donors (Lipinski definition) is 1. The number of piperidine rings is 1. The van der Waals surface area contributed by atoms with Gasteiger partial charge in [-0.3, -0.25) is 9.78 Å². The molecule has 2 fully saturated rings. The predicted octanol–water partition coefficient (Wildman–Crippen LogP) is 2.39. The average Bonchev–Trinajstić information content (AvgIpc) is 2.61. The van der Waals surface area contributed by atoms with Crippen molar-refractivity contribution in [3.05, 3.63) is 18.6 Å². The van der Waals surface area contributed by atoms with E-state index in [1.807, 2.05) is 6.20 Å². The van der Waals surface area contributed by atoms with Crippen LogP contribution in [0.1, 0.15) is 44.9 Å². The second-order valence-corrected chi connectivity index (χ2v) is 6.57. The molecule has 2 aliphatic rings. The Morgan fingerprint density at radius 1 is 1.14 bits per heavy atom. The molecule has 2 heterocycles. The molecule has 0 radical (unpaired) electrons. The first-order valence-corrected chi connectivity index (χ1v) is 8.61. The van der Waals surface area contributed by atoms with Crippen molar-refractivity contribution in [2.24, 2.45) is 11.8 Å². The summed E-state index contributed by atoms with van der Waals surface area (Å²) in [6, 6.07) is 0. The zero-order valence-corrected chi connectivity index (χ0v) is 13.2. The summed E-state index contributed by atoms with van der Waals surface area (Å²) >= 11 is 0. The lowest BCUT2D eigenvalue weighted by Crippen LogP contribution is -2.40. The number of hydrogen-bond acceptors (Lipinski definition) is 4. The first-order valence-electron chi connectivity index (χ1n) is 8.61. The standard InChI is InChI=1S/C17H26N4O/c22-17(15-4-2-1-3-5-15)20-12-14-6-10-21(11-7-14)16-13-18-8-9-19-16/h8-9,13-15H,1-7,10-12H2,(H,20,22). The molecule has 0 aromatic carbocycles. The Morgan fingerprint density at radius 2 is 1.91 bits per heavy atom. The molecular weight excluding hydrogens is 276 g/mol. The monoisotopic (exact) mass is 302 g/mol. The van der Waals surface area contributed by atoms with Gasteiger partial charge in [0, 0.05) is 37.9 Å². The first-order chi connectivity index (χ1) is 10.8. The third kappa shape index (κ3) is 3.96. The Morgan fingerprint density at radius 3 is 2.59 bits per heavy atom. The van der Waals surface area contributed by atoms with E-state index in [-0.39, 0.29) is 11.8 Å². The van der Waals surface area contributed by atoms with Gasteiger partial charge in [0.25, 0.3) is 0 Å². The molecule has 3 rings (SSSR count). The molecule has 0 spiro atoms. The van der Waals surface area contributed by atoms with E-state index in [1.165, 1.54) is 19.3 Å². The molecule has 1 aromatic heterocycles. The van der Waals surface area contributed by atoms with Gasteiger partial charge >= 0.3 is 0 Å². The minimum Gasteiger partial charge on any atom is -0.356 e. The summed E-state index contributed by atoms with van der Waals surface area (Å²) in [5.41, 5.74) is 0. The van der Waals surface area contributed by atoms with Gasteiger partial charge in [-0.1, -0.05) is 19.3 Å². The van der Waals surface area contributed by atoms with Crippen LogP contribution in [0.25, 0.3) is 0 Å². The van der Waals surface area contributed by atoms with Gasteiger partial charge in [0.15, 0.2) is 0 Å². The average molecular weight is 302 g/mol. The van der Waals surface area contributed by atoms with Gasteiger partial charge in [0.05, 0.1) is 6.20 Å². The quantitative estimate of drug-likeness (QED) is 0.928. The van der Waals surface area contributed by atoms with Gasteiger partial charge in [-0.25, -0.2) is 4.98 Å². The lowest BCUT2D eigenvalue weighted by Gasteiger charge is -2.33. The van der Waals surface area contributed by atoms with Crippen LogP contribution in [-0.2, 0) is 4.79 Å². The Bertz CT molecular complexity index is 465. The van der Waals surface area contributed by atoms with E-state index in [9.17, 15) is 4.79 Å². The molecule has 1 aliphatic carbocycles. The van der Waals surface area contributed by atoms with Gasteiger partial charge in [-0.05, 0) is 31.6 Å². The van der Waals surface area contributed by atoms with Crippen LogP contribution in [0, 0.1) is 11.8 Å². The van der Waals surface area contributed by atoms with Gasteiger partial charge in [-0.15, -0.1) is 0 Å². The smallest absolute Gasteiger partial charge is 0.223 e. The van der Waals surface area contributed by atoms with E-state index >= 15 is 0 Å². The summed E-state index contributed by atoms with van der Waals surface area (Å²) in [6.45, 7) is 2.84. The first kappa shape index (κ1) is 15.3. The highest BCUT2D eigenvalue weighted by Gasteiger charge is 2.24. The fourth-order valence-electron chi connectivity index (χ4n) is 3.57. The maximum atomic E-state index is 12.2. The van der Waals surface area contributed by atoms with Crippen molar-refractivity contribution >= 4 is 11.7 Å². The van der Waals surface area contributed by atoms with Crippen molar-refractivity contribution in [3.8, 4) is 0 Å². The summed E-state index contributed by atoms with van der Waals surface area (Å²) in [6.07, 6.45) is 13.4. The third-order valence-corrected chi connectivity index (χ3v) is 5.03. The Kier molecular flexibility index (Phi) is 5.24. The van der Waals surface area contributed by atoms with Crippen LogP contribution in [-0.4, -0.2) is 35.5 Å². The van der Waals surface area contributed by atoms with Crippen LogP contribution in [0.5, 0.6) is 0 Å². The second-order valence-electron chi connectivity index (χ2n) is 6.57. The Hall–Kier alpha value is -1.65. The van der Waals surface area contributed by atoms with Gasteiger partial charge in [0.2, 0.25) is 5.91 Å². The molecule has 1 saturated carbocycles. The van der Waals surface area contributed by atoms with Crippen LogP contribution >= 0.6 is 0 Å². The third-order valence-electron chi connectivity index (χ3n) is 5.03. The number of rotatable bonds is 4. The molecule has 1 N–H and O–H groups in total.